The summed E-state index contributed by atoms with van der Waals surface area (Å²) >= 11 is 0. The minimum Gasteiger partial charge on any atom is -0.462 e. The van der Waals surface area contributed by atoms with E-state index in [2.05, 4.69) is 15.7 Å². The van der Waals surface area contributed by atoms with E-state index in [0.29, 0.717) is 15.9 Å². The fraction of sp³-hybridized carbons (Fsp3) is 0.400. The maximum atomic E-state index is 13.3. The number of ether oxygens (including phenoxy) is 2. The van der Waals surface area contributed by atoms with Crippen LogP contribution in [0.2, 0.25) is 0 Å². The van der Waals surface area contributed by atoms with Crippen molar-refractivity contribution >= 4 is 29.4 Å². The SMILES string of the molecule is CCOC(=O)c1ccc(NC(=O)COC(=O)c2cc3n(n2)[C@H](C(F)(F)F)C[C@@H](C)N3)cc1. The molecule has 0 saturated heterocycles. The van der Waals surface area contributed by atoms with Gasteiger partial charge in [0, 0.05) is 17.8 Å². The first-order valence-corrected chi connectivity index (χ1v) is 9.75. The van der Waals surface area contributed by atoms with Gasteiger partial charge in [0.1, 0.15) is 5.82 Å². The number of rotatable bonds is 6. The molecule has 12 heteroatoms. The molecule has 32 heavy (non-hydrogen) atoms. The minimum atomic E-state index is -4.53. The van der Waals surface area contributed by atoms with E-state index in [1.54, 1.807) is 13.8 Å². The number of alkyl halides is 3. The Labute approximate surface area is 180 Å². The van der Waals surface area contributed by atoms with E-state index in [0.717, 1.165) is 6.07 Å². The lowest BCUT2D eigenvalue weighted by atomic mass is 10.1. The second kappa shape index (κ2) is 9.28. The fourth-order valence-corrected chi connectivity index (χ4v) is 3.16. The van der Waals surface area contributed by atoms with Gasteiger partial charge < -0.3 is 20.1 Å². The number of benzene rings is 1. The van der Waals surface area contributed by atoms with Crippen LogP contribution in [0, 0.1) is 0 Å². The Kier molecular flexibility index (Phi) is 6.70. The average Bonchev–Trinajstić information content (AvgIpc) is 3.15. The number of fused-ring (bicyclic) bond motifs is 1. The van der Waals surface area contributed by atoms with Crippen LogP contribution < -0.4 is 10.6 Å². The molecule has 2 heterocycles. The van der Waals surface area contributed by atoms with Crippen molar-refractivity contribution in [2.45, 2.75) is 38.5 Å². The fourth-order valence-electron chi connectivity index (χ4n) is 3.16. The van der Waals surface area contributed by atoms with Crippen LogP contribution in [0.25, 0.3) is 0 Å². The molecule has 1 aliphatic heterocycles. The molecule has 1 amide bonds. The van der Waals surface area contributed by atoms with Gasteiger partial charge in [0.05, 0.1) is 12.2 Å². The van der Waals surface area contributed by atoms with E-state index in [1.807, 2.05) is 0 Å². The normalized spacial score (nSPS) is 17.7. The van der Waals surface area contributed by atoms with Gasteiger partial charge in [-0.25, -0.2) is 14.3 Å². The van der Waals surface area contributed by atoms with Crippen molar-refractivity contribution in [3.8, 4) is 0 Å². The number of carbonyl (C=O) groups is 3. The number of anilines is 2. The van der Waals surface area contributed by atoms with Crippen LogP contribution in [-0.2, 0) is 14.3 Å². The van der Waals surface area contributed by atoms with Crippen LogP contribution in [0.3, 0.4) is 0 Å². The van der Waals surface area contributed by atoms with Crippen molar-refractivity contribution in [3.05, 3.63) is 41.6 Å². The maximum absolute atomic E-state index is 13.3. The Morgan fingerprint density at radius 3 is 2.50 bits per heavy atom. The summed E-state index contributed by atoms with van der Waals surface area (Å²) in [5.74, 6) is -2.16. The van der Waals surface area contributed by atoms with E-state index in [4.69, 9.17) is 9.47 Å². The van der Waals surface area contributed by atoms with Crippen molar-refractivity contribution in [2.75, 3.05) is 23.8 Å². The molecule has 3 rings (SSSR count). The average molecular weight is 454 g/mol. The van der Waals surface area contributed by atoms with E-state index in [-0.39, 0.29) is 24.5 Å². The zero-order chi connectivity index (χ0) is 23.5. The lowest BCUT2D eigenvalue weighted by molar-refractivity contribution is -0.173. The van der Waals surface area contributed by atoms with Gasteiger partial charge in [-0.05, 0) is 44.5 Å². The van der Waals surface area contributed by atoms with Gasteiger partial charge in [-0.15, -0.1) is 0 Å². The van der Waals surface area contributed by atoms with E-state index < -0.39 is 42.7 Å². The third-order valence-electron chi connectivity index (χ3n) is 4.60. The summed E-state index contributed by atoms with van der Waals surface area (Å²) in [7, 11) is 0. The van der Waals surface area contributed by atoms with Crippen molar-refractivity contribution in [1.82, 2.24) is 9.78 Å². The summed E-state index contributed by atoms with van der Waals surface area (Å²) in [5, 5.41) is 9.03. The monoisotopic (exact) mass is 454 g/mol. The minimum absolute atomic E-state index is 0.0455. The molecule has 9 nitrogen and oxygen atoms in total. The highest BCUT2D eigenvalue weighted by Gasteiger charge is 2.45. The molecular formula is C20H21F3N4O5. The van der Waals surface area contributed by atoms with E-state index in [9.17, 15) is 27.6 Å². The van der Waals surface area contributed by atoms with Gasteiger partial charge in [-0.1, -0.05) is 0 Å². The Morgan fingerprint density at radius 2 is 1.88 bits per heavy atom. The summed E-state index contributed by atoms with van der Waals surface area (Å²) in [6, 6.07) is 4.69. The zero-order valence-corrected chi connectivity index (χ0v) is 17.2. The number of hydrogen-bond donors (Lipinski definition) is 2. The molecule has 0 fully saturated rings. The van der Waals surface area contributed by atoms with Crippen LogP contribution in [0.15, 0.2) is 30.3 Å². The van der Waals surface area contributed by atoms with Crippen molar-refractivity contribution in [1.29, 1.82) is 0 Å². The van der Waals surface area contributed by atoms with Gasteiger partial charge in [0.25, 0.3) is 5.91 Å². The topological polar surface area (TPSA) is 112 Å². The molecule has 0 unspecified atom stereocenters. The molecule has 1 aromatic heterocycles. The molecule has 0 bridgehead atoms. The van der Waals surface area contributed by atoms with Gasteiger partial charge in [0.15, 0.2) is 18.3 Å². The molecule has 172 valence electrons. The summed E-state index contributed by atoms with van der Waals surface area (Å²) in [4.78, 5) is 35.8. The molecule has 0 saturated carbocycles. The van der Waals surface area contributed by atoms with Gasteiger partial charge in [-0.2, -0.15) is 18.3 Å². The second-order valence-corrected chi connectivity index (χ2v) is 7.12. The molecule has 2 atom stereocenters. The van der Waals surface area contributed by atoms with Crippen LogP contribution in [0.5, 0.6) is 0 Å². The number of aromatic nitrogens is 2. The van der Waals surface area contributed by atoms with Crippen LogP contribution in [0.1, 0.15) is 47.2 Å². The Morgan fingerprint density at radius 1 is 1.19 bits per heavy atom. The van der Waals surface area contributed by atoms with Crippen molar-refractivity contribution in [3.63, 3.8) is 0 Å². The van der Waals surface area contributed by atoms with Crippen molar-refractivity contribution < 1.29 is 37.0 Å². The lowest BCUT2D eigenvalue weighted by Crippen LogP contribution is -2.37. The molecule has 0 radical (unpaired) electrons. The standard InChI is InChI=1S/C20H21F3N4O5/c1-3-31-18(29)12-4-6-13(7-5-12)25-17(28)10-32-19(30)14-9-16-24-11(2)8-15(20(21,22)23)27(16)26-14/h4-7,9,11,15,24H,3,8,10H2,1-2H3,(H,25,28)/t11-,15+/m1/s1. The highest BCUT2D eigenvalue weighted by molar-refractivity contribution is 5.96. The number of amides is 1. The number of nitrogens with zero attached hydrogens (tertiary/aromatic N) is 2. The highest BCUT2D eigenvalue weighted by Crippen LogP contribution is 2.39. The summed E-state index contributed by atoms with van der Waals surface area (Å²) < 4.78 is 50.3. The molecule has 1 aromatic carbocycles. The Bertz CT molecular complexity index is 1000. The molecular weight excluding hydrogens is 433 g/mol. The predicted molar refractivity (Wildman–Crippen MR) is 106 cm³/mol. The quantitative estimate of drug-likeness (QED) is 0.645. The molecule has 0 aliphatic carbocycles. The Balaban J connectivity index is 1.58. The first-order chi connectivity index (χ1) is 15.1. The predicted octanol–water partition coefficient (Wildman–Crippen LogP) is 3.16. The van der Waals surface area contributed by atoms with Gasteiger partial charge >= 0.3 is 18.1 Å². The largest absolute Gasteiger partial charge is 0.462 e. The molecule has 0 spiro atoms. The summed E-state index contributed by atoms with van der Waals surface area (Å²) in [6.07, 6.45) is -4.76. The molecule has 2 N–H and O–H groups in total. The molecule has 2 aromatic rings. The summed E-state index contributed by atoms with van der Waals surface area (Å²) in [5.41, 5.74) is 0.310. The second-order valence-electron chi connectivity index (χ2n) is 7.12. The first kappa shape index (κ1) is 23.1. The summed E-state index contributed by atoms with van der Waals surface area (Å²) in [6.45, 7) is 2.83. The third-order valence-corrected chi connectivity index (χ3v) is 4.60. The van der Waals surface area contributed by atoms with E-state index >= 15 is 0 Å². The number of nitrogens with one attached hydrogen (secondary N) is 2. The maximum Gasteiger partial charge on any atom is 0.410 e. The van der Waals surface area contributed by atoms with Crippen molar-refractivity contribution in [2.24, 2.45) is 0 Å². The zero-order valence-electron chi connectivity index (χ0n) is 17.2. The van der Waals surface area contributed by atoms with E-state index in [1.165, 1.54) is 24.3 Å². The van der Waals surface area contributed by atoms with Crippen LogP contribution in [-0.4, -0.2) is 53.1 Å². The van der Waals surface area contributed by atoms with Gasteiger partial charge in [-0.3, -0.25) is 4.79 Å². The highest BCUT2D eigenvalue weighted by atomic mass is 19.4. The first-order valence-electron chi connectivity index (χ1n) is 9.75. The van der Waals surface area contributed by atoms with Crippen LogP contribution in [0.4, 0.5) is 24.7 Å². The lowest BCUT2D eigenvalue weighted by Gasteiger charge is -2.31. The number of carbonyl (C=O) groups excluding carboxylic acids is 3. The Hall–Kier alpha value is -3.57. The number of hydrogen-bond acceptors (Lipinski definition) is 7. The molecule has 1 aliphatic rings. The number of halogens is 3. The van der Waals surface area contributed by atoms with Crippen LogP contribution >= 0.6 is 0 Å². The van der Waals surface area contributed by atoms with Gasteiger partial charge in [0.2, 0.25) is 0 Å². The smallest absolute Gasteiger partial charge is 0.410 e. The number of esters is 2. The third kappa shape index (κ3) is 5.37.